The van der Waals surface area contributed by atoms with Gasteiger partial charge in [-0.2, -0.15) is 4.98 Å². The number of carbonyl (C=O) groups is 1. The standard InChI is InChI=1S/C16H19N3O3/c1-11-17-16(22-18-11)14-4-3-9-19(14)15(20)10-12-5-7-13(21-2)8-6-12/h5-8,14H,3-4,9-10H2,1-2H3. The Hall–Kier alpha value is -2.37. The molecule has 1 unspecified atom stereocenters. The molecule has 0 spiro atoms. The number of amides is 1. The van der Waals surface area contributed by atoms with Crippen molar-refractivity contribution in [3.05, 3.63) is 41.5 Å². The van der Waals surface area contributed by atoms with Gasteiger partial charge in [0.25, 0.3) is 0 Å². The molecule has 2 aromatic rings. The van der Waals surface area contributed by atoms with Crippen LogP contribution in [0.1, 0.15) is 36.2 Å². The number of aromatic nitrogens is 2. The van der Waals surface area contributed by atoms with Crippen LogP contribution in [0.4, 0.5) is 0 Å². The number of methoxy groups -OCH3 is 1. The fourth-order valence-corrected chi connectivity index (χ4v) is 2.79. The number of hydrogen-bond acceptors (Lipinski definition) is 5. The quantitative estimate of drug-likeness (QED) is 0.866. The molecule has 0 aliphatic carbocycles. The highest BCUT2D eigenvalue weighted by molar-refractivity contribution is 5.79. The third-order valence-corrected chi connectivity index (χ3v) is 3.92. The maximum Gasteiger partial charge on any atom is 0.249 e. The van der Waals surface area contributed by atoms with E-state index >= 15 is 0 Å². The zero-order chi connectivity index (χ0) is 15.5. The molecular formula is C16H19N3O3. The average Bonchev–Trinajstić information content (AvgIpc) is 3.16. The summed E-state index contributed by atoms with van der Waals surface area (Å²) in [5.74, 6) is 2.02. The Labute approximate surface area is 129 Å². The van der Waals surface area contributed by atoms with Crippen molar-refractivity contribution in [3.63, 3.8) is 0 Å². The minimum Gasteiger partial charge on any atom is -0.497 e. The lowest BCUT2D eigenvalue weighted by Crippen LogP contribution is -2.32. The Morgan fingerprint density at radius 1 is 1.41 bits per heavy atom. The minimum absolute atomic E-state index is 0.0866. The number of likely N-dealkylation sites (tertiary alicyclic amines) is 1. The second-order valence-electron chi connectivity index (χ2n) is 5.45. The number of aryl methyl sites for hydroxylation is 1. The summed E-state index contributed by atoms with van der Waals surface area (Å²) in [6.07, 6.45) is 2.20. The lowest BCUT2D eigenvalue weighted by atomic mass is 10.1. The molecule has 1 aliphatic rings. The van der Waals surface area contributed by atoms with Crippen molar-refractivity contribution in [3.8, 4) is 5.75 Å². The smallest absolute Gasteiger partial charge is 0.249 e. The molecule has 1 saturated heterocycles. The first-order valence-electron chi connectivity index (χ1n) is 7.40. The lowest BCUT2D eigenvalue weighted by Gasteiger charge is -2.22. The molecule has 3 rings (SSSR count). The molecule has 0 bridgehead atoms. The molecular weight excluding hydrogens is 282 g/mol. The summed E-state index contributed by atoms with van der Waals surface area (Å²) in [6, 6.07) is 7.47. The number of carbonyl (C=O) groups excluding carboxylic acids is 1. The van der Waals surface area contributed by atoms with Crippen LogP contribution in [-0.2, 0) is 11.2 Å². The summed E-state index contributed by atoms with van der Waals surface area (Å²) in [5.41, 5.74) is 0.971. The van der Waals surface area contributed by atoms with E-state index in [-0.39, 0.29) is 11.9 Å². The van der Waals surface area contributed by atoms with E-state index in [9.17, 15) is 4.79 Å². The van der Waals surface area contributed by atoms with Crippen LogP contribution >= 0.6 is 0 Å². The summed E-state index contributed by atoms with van der Waals surface area (Å²) in [4.78, 5) is 18.7. The van der Waals surface area contributed by atoms with Gasteiger partial charge < -0.3 is 14.2 Å². The molecule has 1 aromatic carbocycles. The third-order valence-electron chi connectivity index (χ3n) is 3.92. The van der Waals surface area contributed by atoms with Gasteiger partial charge in [0, 0.05) is 6.54 Å². The van der Waals surface area contributed by atoms with Crippen LogP contribution in [0.5, 0.6) is 5.75 Å². The number of hydrogen-bond donors (Lipinski definition) is 0. The second-order valence-corrected chi connectivity index (χ2v) is 5.45. The van der Waals surface area contributed by atoms with Crippen LogP contribution in [0.2, 0.25) is 0 Å². The fourth-order valence-electron chi connectivity index (χ4n) is 2.79. The van der Waals surface area contributed by atoms with Crippen molar-refractivity contribution < 1.29 is 14.1 Å². The Balaban J connectivity index is 1.70. The monoisotopic (exact) mass is 301 g/mol. The third kappa shape index (κ3) is 2.95. The molecule has 2 heterocycles. The number of ether oxygens (including phenoxy) is 1. The van der Waals surface area contributed by atoms with Crippen molar-refractivity contribution in [2.75, 3.05) is 13.7 Å². The highest BCUT2D eigenvalue weighted by Crippen LogP contribution is 2.31. The van der Waals surface area contributed by atoms with E-state index in [1.54, 1.807) is 14.0 Å². The maximum atomic E-state index is 12.6. The lowest BCUT2D eigenvalue weighted by molar-refractivity contribution is -0.131. The van der Waals surface area contributed by atoms with Crippen molar-refractivity contribution in [2.45, 2.75) is 32.2 Å². The van der Waals surface area contributed by atoms with Crippen molar-refractivity contribution in [1.29, 1.82) is 0 Å². The molecule has 1 aliphatic heterocycles. The Bertz CT molecular complexity index is 651. The fraction of sp³-hybridized carbons (Fsp3) is 0.438. The van der Waals surface area contributed by atoms with Gasteiger partial charge in [-0.15, -0.1) is 0 Å². The number of nitrogens with zero attached hydrogens (tertiary/aromatic N) is 3. The summed E-state index contributed by atoms with van der Waals surface area (Å²) >= 11 is 0. The largest absolute Gasteiger partial charge is 0.497 e. The first-order chi connectivity index (χ1) is 10.7. The van der Waals surface area contributed by atoms with Crippen molar-refractivity contribution in [1.82, 2.24) is 15.0 Å². The molecule has 6 heteroatoms. The molecule has 0 saturated carbocycles. The average molecular weight is 301 g/mol. The SMILES string of the molecule is COc1ccc(CC(=O)N2CCCC2c2nc(C)no2)cc1. The molecule has 6 nitrogen and oxygen atoms in total. The Morgan fingerprint density at radius 3 is 2.82 bits per heavy atom. The molecule has 0 radical (unpaired) electrons. The molecule has 0 N–H and O–H groups in total. The summed E-state index contributed by atoms with van der Waals surface area (Å²) < 4.78 is 10.4. The van der Waals surface area contributed by atoms with Crippen LogP contribution in [0.3, 0.4) is 0 Å². The van der Waals surface area contributed by atoms with Gasteiger partial charge >= 0.3 is 0 Å². The van der Waals surface area contributed by atoms with Gasteiger partial charge in [-0.25, -0.2) is 0 Å². The van der Waals surface area contributed by atoms with E-state index in [4.69, 9.17) is 9.26 Å². The highest BCUT2D eigenvalue weighted by atomic mass is 16.5. The summed E-state index contributed by atoms with van der Waals surface area (Å²) in [6.45, 7) is 2.52. The van der Waals surface area contributed by atoms with Crippen LogP contribution in [-0.4, -0.2) is 34.6 Å². The van der Waals surface area contributed by atoms with E-state index in [2.05, 4.69) is 10.1 Å². The first-order valence-corrected chi connectivity index (χ1v) is 7.40. The van der Waals surface area contributed by atoms with E-state index in [1.807, 2.05) is 29.2 Å². The van der Waals surface area contributed by atoms with Crippen LogP contribution in [0.15, 0.2) is 28.8 Å². The number of rotatable bonds is 4. The van der Waals surface area contributed by atoms with Crippen LogP contribution < -0.4 is 4.74 Å². The molecule has 22 heavy (non-hydrogen) atoms. The second kappa shape index (κ2) is 6.17. The van der Waals surface area contributed by atoms with Gasteiger partial charge in [0.1, 0.15) is 11.8 Å². The molecule has 1 fully saturated rings. The van der Waals surface area contributed by atoms with Gasteiger partial charge in [-0.05, 0) is 37.5 Å². The molecule has 1 aromatic heterocycles. The Kier molecular flexibility index (Phi) is 4.09. The van der Waals surface area contributed by atoms with Gasteiger partial charge in [-0.1, -0.05) is 17.3 Å². The molecule has 1 amide bonds. The van der Waals surface area contributed by atoms with Gasteiger partial charge in [-0.3, -0.25) is 4.79 Å². The Morgan fingerprint density at radius 2 is 2.18 bits per heavy atom. The van der Waals surface area contributed by atoms with Crippen molar-refractivity contribution >= 4 is 5.91 Å². The number of benzene rings is 1. The minimum atomic E-state index is -0.0908. The molecule has 116 valence electrons. The van der Waals surface area contributed by atoms with E-state index in [1.165, 1.54) is 0 Å². The predicted molar refractivity (Wildman–Crippen MR) is 79.4 cm³/mol. The molecule has 1 atom stereocenters. The van der Waals surface area contributed by atoms with Crippen LogP contribution in [0.25, 0.3) is 0 Å². The zero-order valence-corrected chi connectivity index (χ0v) is 12.8. The van der Waals surface area contributed by atoms with E-state index in [0.717, 1.165) is 30.7 Å². The van der Waals surface area contributed by atoms with Gasteiger partial charge in [0.15, 0.2) is 5.82 Å². The zero-order valence-electron chi connectivity index (χ0n) is 12.8. The predicted octanol–water partition coefficient (Wildman–Crippen LogP) is 2.29. The first kappa shape index (κ1) is 14.6. The van der Waals surface area contributed by atoms with E-state index < -0.39 is 0 Å². The normalized spacial score (nSPS) is 17.7. The van der Waals surface area contributed by atoms with Gasteiger partial charge in [0.05, 0.1) is 13.5 Å². The van der Waals surface area contributed by atoms with Gasteiger partial charge in [0.2, 0.25) is 11.8 Å². The maximum absolute atomic E-state index is 12.6. The van der Waals surface area contributed by atoms with Crippen molar-refractivity contribution in [2.24, 2.45) is 0 Å². The highest BCUT2D eigenvalue weighted by Gasteiger charge is 2.33. The van der Waals surface area contributed by atoms with E-state index in [0.29, 0.717) is 18.1 Å². The topological polar surface area (TPSA) is 68.5 Å². The summed E-state index contributed by atoms with van der Waals surface area (Å²) in [7, 11) is 1.63. The van der Waals surface area contributed by atoms with Crippen LogP contribution in [0, 0.1) is 6.92 Å². The summed E-state index contributed by atoms with van der Waals surface area (Å²) in [5, 5.41) is 3.82.